The fourth-order valence-corrected chi connectivity index (χ4v) is 5.15. The smallest absolute Gasteiger partial charge is 0.261 e. The van der Waals surface area contributed by atoms with Gasteiger partial charge < -0.3 is 0 Å². The van der Waals surface area contributed by atoms with Crippen LogP contribution < -0.4 is 4.31 Å². The molecule has 2 heterocycles. The average molecular weight is 459 g/mol. The number of pyridine rings is 1. The van der Waals surface area contributed by atoms with E-state index < -0.39 is 15.8 Å². The molecular formula is C25H19FN4O2S. The van der Waals surface area contributed by atoms with Gasteiger partial charge in [0, 0.05) is 6.20 Å². The van der Waals surface area contributed by atoms with E-state index in [1.807, 2.05) is 60.7 Å². The zero-order chi connectivity index (χ0) is 22.8. The number of hydrogen-bond acceptors (Lipinski definition) is 4. The summed E-state index contributed by atoms with van der Waals surface area (Å²) >= 11 is 0. The molecule has 0 amide bonds. The first-order valence-corrected chi connectivity index (χ1v) is 11.7. The molecule has 0 saturated heterocycles. The normalized spacial score (nSPS) is 11.5. The van der Waals surface area contributed by atoms with Crippen molar-refractivity contribution < 1.29 is 12.8 Å². The molecule has 33 heavy (non-hydrogen) atoms. The van der Waals surface area contributed by atoms with Gasteiger partial charge in [-0.3, -0.25) is 4.31 Å². The third-order valence-electron chi connectivity index (χ3n) is 5.29. The molecule has 0 fully saturated rings. The predicted molar refractivity (Wildman–Crippen MR) is 125 cm³/mol. The standard InChI is InChI=1S/C25H19FN4O2S/c26-20-11-13-22(14-12-20)33(31,32)29(18-19-7-3-1-4-8-19)24-15-16-27-25-23(24)17-28-30(25)21-9-5-2-6-10-21/h1-17H,18H2. The Morgan fingerprint density at radius 2 is 1.52 bits per heavy atom. The van der Waals surface area contributed by atoms with E-state index in [0.29, 0.717) is 16.7 Å². The molecule has 8 heteroatoms. The quantitative estimate of drug-likeness (QED) is 0.361. The first-order chi connectivity index (χ1) is 16.0. The Bertz CT molecular complexity index is 1500. The first kappa shape index (κ1) is 20.8. The summed E-state index contributed by atoms with van der Waals surface area (Å²) in [6.07, 6.45) is 3.18. The number of anilines is 1. The molecule has 0 aliphatic heterocycles. The van der Waals surface area contributed by atoms with E-state index in [1.165, 1.54) is 16.4 Å². The molecule has 0 saturated carbocycles. The zero-order valence-corrected chi connectivity index (χ0v) is 18.2. The predicted octanol–water partition coefficient (Wildman–Crippen LogP) is 4.96. The van der Waals surface area contributed by atoms with Crippen molar-refractivity contribution in [3.05, 3.63) is 115 Å². The molecule has 3 aromatic carbocycles. The van der Waals surface area contributed by atoms with Gasteiger partial charge >= 0.3 is 0 Å². The highest BCUT2D eigenvalue weighted by Crippen LogP contribution is 2.32. The number of nitrogens with zero attached hydrogens (tertiary/aromatic N) is 4. The molecule has 0 aliphatic carbocycles. The van der Waals surface area contributed by atoms with E-state index in [9.17, 15) is 12.8 Å². The SMILES string of the molecule is O=S(=O)(c1ccc(F)cc1)N(Cc1ccccc1)c1ccnc2c1cnn2-c1ccccc1. The van der Waals surface area contributed by atoms with Gasteiger partial charge in [-0.25, -0.2) is 22.5 Å². The van der Waals surface area contributed by atoms with E-state index in [-0.39, 0.29) is 11.4 Å². The number of para-hydroxylation sites is 1. The van der Waals surface area contributed by atoms with Crippen LogP contribution in [0.15, 0.2) is 108 Å². The monoisotopic (exact) mass is 458 g/mol. The number of rotatable bonds is 6. The number of fused-ring (bicyclic) bond motifs is 1. The lowest BCUT2D eigenvalue weighted by Gasteiger charge is -2.25. The maximum absolute atomic E-state index is 13.7. The van der Waals surface area contributed by atoms with Gasteiger partial charge in [0.15, 0.2) is 5.65 Å². The second kappa shape index (κ2) is 8.48. The number of hydrogen-bond donors (Lipinski definition) is 0. The Kier molecular flexibility index (Phi) is 5.35. The molecule has 6 nitrogen and oxygen atoms in total. The summed E-state index contributed by atoms with van der Waals surface area (Å²) < 4.78 is 43.9. The molecule has 5 aromatic rings. The summed E-state index contributed by atoms with van der Waals surface area (Å²) in [5, 5.41) is 5.05. The lowest BCUT2D eigenvalue weighted by Crippen LogP contribution is -2.30. The summed E-state index contributed by atoms with van der Waals surface area (Å²) in [5.41, 5.74) is 2.60. The van der Waals surface area contributed by atoms with Crippen molar-refractivity contribution in [3.8, 4) is 5.69 Å². The van der Waals surface area contributed by atoms with Gasteiger partial charge in [-0.15, -0.1) is 0 Å². The summed E-state index contributed by atoms with van der Waals surface area (Å²) in [6, 6.07) is 25.3. The van der Waals surface area contributed by atoms with E-state index >= 15 is 0 Å². The first-order valence-electron chi connectivity index (χ1n) is 10.2. The van der Waals surface area contributed by atoms with Crippen molar-refractivity contribution in [2.45, 2.75) is 11.4 Å². The molecule has 5 rings (SSSR count). The Hall–Kier alpha value is -4.04. The lowest BCUT2D eigenvalue weighted by atomic mass is 10.2. The van der Waals surface area contributed by atoms with Crippen molar-refractivity contribution in [2.75, 3.05) is 4.31 Å². The van der Waals surface area contributed by atoms with Crippen LogP contribution in [0.4, 0.5) is 10.1 Å². The number of halogens is 1. The van der Waals surface area contributed by atoms with Crippen LogP contribution in [0, 0.1) is 5.82 Å². The highest BCUT2D eigenvalue weighted by molar-refractivity contribution is 7.92. The van der Waals surface area contributed by atoms with Crippen LogP contribution in [0.1, 0.15) is 5.56 Å². The Labute approximate surface area is 190 Å². The Morgan fingerprint density at radius 3 is 2.21 bits per heavy atom. The maximum Gasteiger partial charge on any atom is 0.264 e. The molecule has 0 spiro atoms. The van der Waals surface area contributed by atoms with Crippen LogP contribution in [-0.2, 0) is 16.6 Å². The van der Waals surface area contributed by atoms with Crippen LogP contribution in [0.2, 0.25) is 0 Å². The molecule has 0 unspecified atom stereocenters. The van der Waals surface area contributed by atoms with Crippen LogP contribution in [0.25, 0.3) is 16.7 Å². The summed E-state index contributed by atoms with van der Waals surface area (Å²) in [6.45, 7) is 0.0934. The Morgan fingerprint density at radius 1 is 0.848 bits per heavy atom. The largest absolute Gasteiger partial charge is 0.264 e. The second-order valence-electron chi connectivity index (χ2n) is 7.41. The molecule has 0 aliphatic rings. The van der Waals surface area contributed by atoms with E-state index in [2.05, 4.69) is 10.1 Å². The van der Waals surface area contributed by atoms with Crippen molar-refractivity contribution in [1.29, 1.82) is 0 Å². The molecular weight excluding hydrogens is 439 g/mol. The fraction of sp³-hybridized carbons (Fsp3) is 0.0400. The molecule has 0 radical (unpaired) electrons. The third kappa shape index (κ3) is 3.96. The van der Waals surface area contributed by atoms with E-state index in [1.54, 1.807) is 23.1 Å². The minimum atomic E-state index is -4.01. The highest BCUT2D eigenvalue weighted by atomic mass is 32.2. The van der Waals surface area contributed by atoms with Crippen molar-refractivity contribution in [2.24, 2.45) is 0 Å². The van der Waals surface area contributed by atoms with Gasteiger partial charge in [-0.1, -0.05) is 48.5 Å². The zero-order valence-electron chi connectivity index (χ0n) is 17.4. The average Bonchev–Trinajstić information content (AvgIpc) is 3.28. The van der Waals surface area contributed by atoms with Crippen LogP contribution in [0.3, 0.4) is 0 Å². The minimum Gasteiger partial charge on any atom is -0.261 e. The number of aromatic nitrogens is 3. The third-order valence-corrected chi connectivity index (χ3v) is 7.06. The number of benzene rings is 3. The van der Waals surface area contributed by atoms with Crippen molar-refractivity contribution in [3.63, 3.8) is 0 Å². The van der Waals surface area contributed by atoms with Crippen molar-refractivity contribution in [1.82, 2.24) is 14.8 Å². The van der Waals surface area contributed by atoms with Gasteiger partial charge in [0.05, 0.1) is 34.4 Å². The van der Waals surface area contributed by atoms with Crippen LogP contribution >= 0.6 is 0 Å². The van der Waals surface area contributed by atoms with E-state index in [4.69, 9.17) is 0 Å². The summed E-state index contributed by atoms with van der Waals surface area (Å²) in [5.74, 6) is -0.501. The van der Waals surface area contributed by atoms with Gasteiger partial charge in [-0.2, -0.15) is 5.10 Å². The molecule has 0 N–H and O–H groups in total. The van der Waals surface area contributed by atoms with Gasteiger partial charge in [-0.05, 0) is 48.0 Å². The fourth-order valence-electron chi connectivity index (χ4n) is 3.67. The topological polar surface area (TPSA) is 68.1 Å². The number of sulfonamides is 1. The van der Waals surface area contributed by atoms with Gasteiger partial charge in [0.2, 0.25) is 0 Å². The summed E-state index contributed by atoms with van der Waals surface area (Å²) in [4.78, 5) is 4.46. The van der Waals surface area contributed by atoms with Gasteiger partial charge in [0.25, 0.3) is 10.0 Å². The minimum absolute atomic E-state index is 0.000226. The molecule has 2 aromatic heterocycles. The summed E-state index contributed by atoms with van der Waals surface area (Å²) in [7, 11) is -4.01. The highest BCUT2D eigenvalue weighted by Gasteiger charge is 2.28. The van der Waals surface area contributed by atoms with E-state index in [0.717, 1.165) is 23.4 Å². The van der Waals surface area contributed by atoms with Gasteiger partial charge in [0.1, 0.15) is 5.82 Å². The molecule has 164 valence electrons. The maximum atomic E-state index is 13.7. The van der Waals surface area contributed by atoms with Crippen LogP contribution in [-0.4, -0.2) is 23.2 Å². The van der Waals surface area contributed by atoms with Crippen molar-refractivity contribution >= 4 is 26.7 Å². The van der Waals surface area contributed by atoms with Crippen LogP contribution in [0.5, 0.6) is 0 Å². The molecule has 0 bridgehead atoms. The lowest BCUT2D eigenvalue weighted by molar-refractivity contribution is 0.589. The second-order valence-corrected chi connectivity index (χ2v) is 9.27. The molecule has 0 atom stereocenters. The Balaban J connectivity index is 1.68.